The van der Waals surface area contributed by atoms with Gasteiger partial charge >= 0.3 is 0 Å². The molecule has 0 aromatic carbocycles. The van der Waals surface area contributed by atoms with Gasteiger partial charge in [0.05, 0.1) is 5.76 Å². The maximum Gasteiger partial charge on any atom is 0.106 e. The topological polar surface area (TPSA) is 29.5 Å². The van der Waals surface area contributed by atoms with E-state index in [0.717, 1.165) is 37.0 Å². The van der Waals surface area contributed by atoms with Crippen LogP contribution in [-0.4, -0.2) is 23.2 Å². The molecule has 0 amide bonds. The van der Waals surface area contributed by atoms with Gasteiger partial charge in [0, 0.05) is 24.3 Å². The van der Waals surface area contributed by atoms with Crippen molar-refractivity contribution in [3.63, 3.8) is 0 Å². The van der Waals surface area contributed by atoms with Gasteiger partial charge in [0.25, 0.3) is 0 Å². The van der Waals surface area contributed by atoms with E-state index < -0.39 is 0 Å². The highest BCUT2D eigenvalue weighted by atomic mass is 35.5. The second-order valence-electron chi connectivity index (χ2n) is 11.9. The standard InChI is InChI=1S/C27H41ClO2/c1-16(15-29)5-8-23-17(2)25-24(30-23)14-22-20-7-6-18-13-19(28)9-11-26(18,3)21(20)10-12-27(22,25)4/h6,16,19-22,24-25,29H,5,7-15H2,1-4H3/t16-,19+,20-,21+,22+,24+,25+,26+,27+/m1/s1. The number of alkyl halides is 1. The summed E-state index contributed by atoms with van der Waals surface area (Å²) < 4.78 is 6.64. The van der Waals surface area contributed by atoms with Crippen molar-refractivity contribution in [1.82, 2.24) is 0 Å². The smallest absolute Gasteiger partial charge is 0.106 e. The molecule has 0 spiro atoms. The first kappa shape index (κ1) is 21.4. The van der Waals surface area contributed by atoms with Crippen molar-refractivity contribution < 1.29 is 9.84 Å². The second kappa shape index (κ2) is 7.55. The molecule has 0 unspecified atom stereocenters. The Bertz CT molecular complexity index is 756. The minimum absolute atomic E-state index is 0.279. The average molecular weight is 433 g/mol. The van der Waals surface area contributed by atoms with Crippen LogP contribution < -0.4 is 0 Å². The molecule has 0 aromatic rings. The van der Waals surface area contributed by atoms with Crippen LogP contribution in [0.15, 0.2) is 23.0 Å². The number of allylic oxidation sites excluding steroid dienone is 3. The summed E-state index contributed by atoms with van der Waals surface area (Å²) in [6, 6.07) is 0. The first-order chi connectivity index (χ1) is 14.3. The summed E-state index contributed by atoms with van der Waals surface area (Å²) in [4.78, 5) is 0. The number of hydrogen-bond donors (Lipinski definition) is 1. The molecule has 1 aliphatic heterocycles. The number of hydrogen-bond acceptors (Lipinski definition) is 2. The highest BCUT2D eigenvalue weighted by Gasteiger charge is 2.63. The molecule has 9 atom stereocenters. The van der Waals surface area contributed by atoms with Crippen LogP contribution in [0, 0.1) is 40.4 Å². The van der Waals surface area contributed by atoms with Crippen LogP contribution in [0.2, 0.25) is 0 Å². The number of halogens is 1. The summed E-state index contributed by atoms with van der Waals surface area (Å²) in [5.41, 5.74) is 4.01. The monoisotopic (exact) mass is 432 g/mol. The summed E-state index contributed by atoms with van der Waals surface area (Å²) in [6.07, 6.45) is 13.9. The van der Waals surface area contributed by atoms with E-state index >= 15 is 0 Å². The number of rotatable bonds is 4. The van der Waals surface area contributed by atoms with Crippen LogP contribution in [-0.2, 0) is 4.74 Å². The Morgan fingerprint density at radius 2 is 2.03 bits per heavy atom. The molecule has 30 heavy (non-hydrogen) atoms. The van der Waals surface area contributed by atoms with E-state index in [9.17, 15) is 5.11 Å². The van der Waals surface area contributed by atoms with E-state index in [1.54, 1.807) is 5.57 Å². The van der Waals surface area contributed by atoms with Gasteiger partial charge in [-0.2, -0.15) is 0 Å². The molecule has 5 rings (SSSR count). The summed E-state index contributed by atoms with van der Waals surface area (Å²) in [5, 5.41) is 9.75. The van der Waals surface area contributed by atoms with E-state index in [1.807, 2.05) is 0 Å². The molecular formula is C27H41ClO2. The Labute approximate surface area is 188 Å². The van der Waals surface area contributed by atoms with E-state index in [-0.39, 0.29) is 6.61 Å². The zero-order valence-corrected chi connectivity index (χ0v) is 20.2. The maximum atomic E-state index is 9.39. The molecule has 3 saturated carbocycles. The minimum atomic E-state index is 0.279. The number of aliphatic hydroxyl groups excluding tert-OH is 1. The minimum Gasteiger partial charge on any atom is -0.494 e. The number of ether oxygens (including phenoxy) is 1. The molecule has 0 radical (unpaired) electrons. The van der Waals surface area contributed by atoms with Crippen molar-refractivity contribution in [2.24, 2.45) is 40.4 Å². The first-order valence-electron chi connectivity index (χ1n) is 12.6. The van der Waals surface area contributed by atoms with Crippen molar-refractivity contribution in [3.8, 4) is 0 Å². The molecule has 0 saturated heterocycles. The molecule has 2 nitrogen and oxygen atoms in total. The zero-order chi connectivity index (χ0) is 21.3. The molecule has 0 bridgehead atoms. The Hall–Kier alpha value is -0.470. The summed E-state index contributed by atoms with van der Waals surface area (Å²) in [7, 11) is 0. The van der Waals surface area contributed by atoms with Gasteiger partial charge in [-0.25, -0.2) is 0 Å². The van der Waals surface area contributed by atoms with Gasteiger partial charge in [-0.05, 0) is 98.4 Å². The van der Waals surface area contributed by atoms with Gasteiger partial charge in [-0.1, -0.05) is 32.4 Å². The predicted octanol–water partition coefficient (Wildman–Crippen LogP) is 6.86. The highest BCUT2D eigenvalue weighted by molar-refractivity contribution is 6.20. The van der Waals surface area contributed by atoms with Crippen LogP contribution in [0.4, 0.5) is 0 Å². The van der Waals surface area contributed by atoms with Crippen LogP contribution in [0.25, 0.3) is 0 Å². The fourth-order valence-corrected chi connectivity index (χ4v) is 8.94. The van der Waals surface area contributed by atoms with Gasteiger partial charge in [0.1, 0.15) is 6.10 Å². The van der Waals surface area contributed by atoms with Crippen molar-refractivity contribution >= 4 is 11.6 Å². The average Bonchev–Trinajstić information content (AvgIpc) is 3.20. The van der Waals surface area contributed by atoms with E-state index in [2.05, 4.69) is 33.8 Å². The van der Waals surface area contributed by atoms with Crippen molar-refractivity contribution in [1.29, 1.82) is 0 Å². The normalized spacial score (nSPS) is 48.3. The van der Waals surface area contributed by atoms with Crippen LogP contribution in [0.5, 0.6) is 0 Å². The molecular weight excluding hydrogens is 392 g/mol. The number of fused-ring (bicyclic) bond motifs is 7. The van der Waals surface area contributed by atoms with E-state index in [1.165, 1.54) is 49.9 Å². The van der Waals surface area contributed by atoms with Crippen LogP contribution in [0.1, 0.15) is 85.5 Å². The third-order valence-electron chi connectivity index (χ3n) is 10.4. The zero-order valence-electron chi connectivity index (χ0n) is 19.4. The first-order valence-corrected chi connectivity index (χ1v) is 13.0. The lowest BCUT2D eigenvalue weighted by molar-refractivity contribution is -0.0358. The lowest BCUT2D eigenvalue weighted by Gasteiger charge is -2.57. The van der Waals surface area contributed by atoms with Gasteiger partial charge in [-0.15, -0.1) is 11.6 Å². The van der Waals surface area contributed by atoms with Crippen LogP contribution >= 0.6 is 11.6 Å². The van der Waals surface area contributed by atoms with Crippen molar-refractivity contribution in [3.05, 3.63) is 23.0 Å². The number of aliphatic hydroxyl groups is 1. The molecule has 1 heterocycles. The molecule has 4 aliphatic carbocycles. The fourth-order valence-electron chi connectivity index (χ4n) is 8.67. The Kier molecular flexibility index (Phi) is 5.38. The Balaban J connectivity index is 1.38. The lowest BCUT2D eigenvalue weighted by atomic mass is 9.47. The molecule has 3 heteroatoms. The van der Waals surface area contributed by atoms with Gasteiger partial charge in [0.15, 0.2) is 0 Å². The molecule has 5 aliphatic rings. The summed E-state index contributed by atoms with van der Waals surface area (Å²) in [6.45, 7) is 9.93. The lowest BCUT2D eigenvalue weighted by Crippen LogP contribution is -2.50. The van der Waals surface area contributed by atoms with Crippen molar-refractivity contribution in [2.45, 2.75) is 97.0 Å². The molecule has 0 aromatic heterocycles. The summed E-state index contributed by atoms with van der Waals surface area (Å²) >= 11 is 6.56. The largest absolute Gasteiger partial charge is 0.494 e. The van der Waals surface area contributed by atoms with Gasteiger partial charge in [-0.3, -0.25) is 0 Å². The third kappa shape index (κ3) is 3.06. The Morgan fingerprint density at radius 1 is 1.23 bits per heavy atom. The predicted molar refractivity (Wildman–Crippen MR) is 123 cm³/mol. The molecule has 1 N–H and O–H groups in total. The molecule has 3 fully saturated rings. The third-order valence-corrected chi connectivity index (χ3v) is 10.8. The van der Waals surface area contributed by atoms with Gasteiger partial charge in [0.2, 0.25) is 0 Å². The molecule has 168 valence electrons. The fraction of sp³-hybridized carbons (Fsp3) is 0.852. The van der Waals surface area contributed by atoms with Gasteiger partial charge < -0.3 is 9.84 Å². The van der Waals surface area contributed by atoms with Crippen molar-refractivity contribution in [2.75, 3.05) is 6.61 Å². The Morgan fingerprint density at radius 3 is 2.80 bits per heavy atom. The maximum absolute atomic E-state index is 9.39. The van der Waals surface area contributed by atoms with E-state index in [0.29, 0.717) is 34.1 Å². The SMILES string of the molecule is CC1=C(CC[C@@H](C)CO)O[C@H]2C[C@H]3[C@@H]4CC=C5C[C@@H](Cl)CC[C@]5(C)[C@H]4CC[C@]3(C)[C@@H]12. The highest BCUT2D eigenvalue weighted by Crippen LogP contribution is 2.69. The quantitative estimate of drug-likeness (QED) is 0.388. The van der Waals surface area contributed by atoms with E-state index in [4.69, 9.17) is 16.3 Å². The second-order valence-corrected chi connectivity index (χ2v) is 12.6. The summed E-state index contributed by atoms with van der Waals surface area (Å²) in [5.74, 6) is 4.68. The van der Waals surface area contributed by atoms with Crippen LogP contribution in [0.3, 0.4) is 0 Å².